The van der Waals surface area contributed by atoms with E-state index >= 15 is 0 Å². The molecule has 0 aliphatic rings. The number of nitro groups is 1. The molecule has 37 heavy (non-hydrogen) atoms. The van der Waals surface area contributed by atoms with Gasteiger partial charge in [-0.1, -0.05) is 13.8 Å². The van der Waals surface area contributed by atoms with E-state index in [1.54, 1.807) is 13.8 Å². The van der Waals surface area contributed by atoms with Crippen molar-refractivity contribution in [3.05, 3.63) is 61.2 Å². The fourth-order valence-corrected chi connectivity index (χ4v) is 3.47. The van der Waals surface area contributed by atoms with Gasteiger partial charge in [-0.15, -0.1) is 0 Å². The lowest BCUT2D eigenvalue weighted by Gasteiger charge is -2.20. The highest BCUT2D eigenvalue weighted by Gasteiger charge is 2.52. The molecule has 0 bridgehead atoms. The van der Waals surface area contributed by atoms with Crippen LogP contribution >= 0.6 is 22.6 Å². The standard InChI is InChI=1S/C21H18F2INO11S/c1-10(2)18(26)36-17-8-12(24)4-6-14(17)19(27)35-13-5-7-16(25(29)30)15(9-13)20(28)34-11(3)21(22,23)37(31,32)33/h4-11H,1-3H3,(H,31,32,33). The lowest BCUT2D eigenvalue weighted by atomic mass is 10.1. The predicted octanol–water partition coefficient (Wildman–Crippen LogP) is 4.01. The van der Waals surface area contributed by atoms with Crippen molar-refractivity contribution in [3.8, 4) is 11.5 Å². The Bertz CT molecular complexity index is 1360. The van der Waals surface area contributed by atoms with Crippen molar-refractivity contribution < 1.29 is 55.3 Å². The van der Waals surface area contributed by atoms with Crippen molar-refractivity contribution in [2.24, 2.45) is 5.92 Å². The first kappa shape index (κ1) is 30.0. The number of carbonyl (C=O) groups is 3. The number of ether oxygens (including phenoxy) is 3. The van der Waals surface area contributed by atoms with Crippen molar-refractivity contribution in [1.29, 1.82) is 0 Å². The lowest BCUT2D eigenvalue weighted by molar-refractivity contribution is -0.385. The first-order chi connectivity index (χ1) is 17.0. The molecule has 0 amide bonds. The van der Waals surface area contributed by atoms with Crippen molar-refractivity contribution in [2.45, 2.75) is 32.1 Å². The van der Waals surface area contributed by atoms with Gasteiger partial charge in [-0.25, -0.2) is 9.59 Å². The van der Waals surface area contributed by atoms with Gasteiger partial charge < -0.3 is 14.2 Å². The van der Waals surface area contributed by atoms with E-state index in [0.717, 1.165) is 12.1 Å². The number of alkyl halides is 2. The molecular weight excluding hydrogens is 639 g/mol. The summed E-state index contributed by atoms with van der Waals surface area (Å²) in [7, 11) is -5.98. The summed E-state index contributed by atoms with van der Waals surface area (Å²) in [5.74, 6) is -4.63. The van der Waals surface area contributed by atoms with Crippen LogP contribution < -0.4 is 9.47 Å². The SMILES string of the molecule is CC(C)C(=O)Oc1cc(I)ccc1C(=O)Oc1ccc([N+](=O)[O-])c(C(=O)OC(C)C(F)(F)S(=O)(=O)O)c1. The molecule has 2 rings (SSSR count). The number of nitro benzene ring substituents is 1. The summed E-state index contributed by atoms with van der Waals surface area (Å²) in [6, 6.07) is 6.45. The van der Waals surface area contributed by atoms with Gasteiger partial charge in [0.2, 0.25) is 0 Å². The number of halogens is 3. The molecule has 16 heteroatoms. The molecule has 1 atom stereocenters. The Morgan fingerprint density at radius 1 is 1.03 bits per heavy atom. The summed E-state index contributed by atoms with van der Waals surface area (Å²) in [5.41, 5.74) is -2.10. The van der Waals surface area contributed by atoms with Gasteiger partial charge in [0.1, 0.15) is 22.6 Å². The van der Waals surface area contributed by atoms with Crippen molar-refractivity contribution in [1.82, 2.24) is 0 Å². The quantitative estimate of drug-likeness (QED) is 0.103. The lowest BCUT2D eigenvalue weighted by Crippen LogP contribution is -2.42. The van der Waals surface area contributed by atoms with Crippen LogP contribution in [-0.4, -0.2) is 47.2 Å². The van der Waals surface area contributed by atoms with Crippen LogP contribution in [0.5, 0.6) is 11.5 Å². The van der Waals surface area contributed by atoms with E-state index < -0.39 is 67.2 Å². The van der Waals surface area contributed by atoms with Crippen LogP contribution in [0.2, 0.25) is 0 Å². The highest BCUT2D eigenvalue weighted by Crippen LogP contribution is 2.31. The topological polar surface area (TPSA) is 176 Å². The third kappa shape index (κ3) is 7.16. The number of benzene rings is 2. The molecule has 12 nitrogen and oxygen atoms in total. The van der Waals surface area contributed by atoms with Crippen LogP contribution in [0.15, 0.2) is 36.4 Å². The molecule has 0 heterocycles. The summed E-state index contributed by atoms with van der Waals surface area (Å²) in [6.45, 7) is 3.58. The van der Waals surface area contributed by atoms with E-state index in [1.165, 1.54) is 18.2 Å². The van der Waals surface area contributed by atoms with Crippen LogP contribution in [0.1, 0.15) is 41.5 Å². The zero-order valence-corrected chi connectivity index (χ0v) is 22.1. The van der Waals surface area contributed by atoms with Crippen LogP contribution in [0.4, 0.5) is 14.5 Å². The summed E-state index contributed by atoms with van der Waals surface area (Å²) < 4.78 is 73.2. The highest BCUT2D eigenvalue weighted by atomic mass is 127. The number of hydrogen-bond donors (Lipinski definition) is 1. The van der Waals surface area contributed by atoms with Gasteiger partial charge in [0.15, 0.2) is 6.10 Å². The van der Waals surface area contributed by atoms with Crippen molar-refractivity contribution >= 4 is 56.3 Å². The minimum atomic E-state index is -5.98. The van der Waals surface area contributed by atoms with Gasteiger partial charge in [-0.2, -0.15) is 17.2 Å². The molecule has 200 valence electrons. The first-order valence-corrected chi connectivity index (χ1v) is 12.5. The second-order valence-electron chi connectivity index (χ2n) is 7.63. The Balaban J connectivity index is 2.40. The Kier molecular flexibility index (Phi) is 9.26. The number of hydrogen-bond acceptors (Lipinski definition) is 10. The van der Waals surface area contributed by atoms with E-state index in [9.17, 15) is 41.7 Å². The van der Waals surface area contributed by atoms with Gasteiger partial charge in [0, 0.05) is 15.7 Å². The molecular formula is C21H18F2INO11S. The van der Waals surface area contributed by atoms with E-state index in [0.29, 0.717) is 16.6 Å². The zero-order valence-electron chi connectivity index (χ0n) is 19.1. The Hall–Kier alpha value is -3.25. The van der Waals surface area contributed by atoms with E-state index in [-0.39, 0.29) is 11.3 Å². The number of rotatable bonds is 9. The predicted molar refractivity (Wildman–Crippen MR) is 129 cm³/mol. The summed E-state index contributed by atoms with van der Waals surface area (Å²) in [5, 5.41) is 6.39. The molecule has 2 aromatic rings. The minimum absolute atomic E-state index is 0.140. The van der Waals surface area contributed by atoms with Gasteiger partial charge in [0.25, 0.3) is 5.69 Å². The Morgan fingerprint density at radius 2 is 1.65 bits per heavy atom. The zero-order chi connectivity index (χ0) is 28.3. The third-order valence-electron chi connectivity index (χ3n) is 4.54. The summed E-state index contributed by atoms with van der Waals surface area (Å²) >= 11 is 1.91. The molecule has 0 radical (unpaired) electrons. The number of nitrogens with zero attached hydrogens (tertiary/aromatic N) is 1. The molecule has 1 unspecified atom stereocenters. The number of esters is 3. The summed E-state index contributed by atoms with van der Waals surface area (Å²) in [4.78, 5) is 47.4. The normalized spacial score (nSPS) is 12.5. The second kappa shape index (κ2) is 11.4. The van der Waals surface area contributed by atoms with Crippen LogP contribution in [0.25, 0.3) is 0 Å². The Labute approximate surface area is 221 Å². The fourth-order valence-electron chi connectivity index (χ4n) is 2.54. The molecule has 0 aliphatic heterocycles. The van der Waals surface area contributed by atoms with Crippen LogP contribution in [0, 0.1) is 19.6 Å². The maximum Gasteiger partial charge on any atom is 0.405 e. The Morgan fingerprint density at radius 3 is 2.19 bits per heavy atom. The fraction of sp³-hybridized carbons (Fsp3) is 0.286. The monoisotopic (exact) mass is 657 g/mol. The average molecular weight is 657 g/mol. The molecule has 0 saturated carbocycles. The van der Waals surface area contributed by atoms with E-state index in [4.69, 9.17) is 14.0 Å². The van der Waals surface area contributed by atoms with Gasteiger partial charge in [-0.05, 0) is 53.8 Å². The second-order valence-corrected chi connectivity index (χ2v) is 10.4. The van der Waals surface area contributed by atoms with Crippen LogP contribution in [-0.2, 0) is 19.6 Å². The molecule has 0 aliphatic carbocycles. The molecule has 0 aromatic heterocycles. The molecule has 1 N–H and O–H groups in total. The van der Waals surface area contributed by atoms with E-state index in [1.807, 2.05) is 22.6 Å². The minimum Gasteiger partial charge on any atom is -0.451 e. The molecule has 0 spiro atoms. The van der Waals surface area contributed by atoms with Crippen molar-refractivity contribution in [3.63, 3.8) is 0 Å². The van der Waals surface area contributed by atoms with Crippen molar-refractivity contribution in [2.75, 3.05) is 0 Å². The van der Waals surface area contributed by atoms with Gasteiger partial charge in [-0.3, -0.25) is 19.5 Å². The maximum absolute atomic E-state index is 13.7. The first-order valence-electron chi connectivity index (χ1n) is 10.0. The third-order valence-corrected chi connectivity index (χ3v) is 6.23. The summed E-state index contributed by atoms with van der Waals surface area (Å²) in [6.07, 6.45) is -2.74. The van der Waals surface area contributed by atoms with Crippen LogP contribution in [0.3, 0.4) is 0 Å². The maximum atomic E-state index is 13.7. The molecule has 2 aromatic carbocycles. The van der Waals surface area contributed by atoms with Gasteiger partial charge >= 0.3 is 33.3 Å². The van der Waals surface area contributed by atoms with Gasteiger partial charge in [0.05, 0.1) is 10.8 Å². The largest absolute Gasteiger partial charge is 0.451 e. The highest BCUT2D eigenvalue weighted by molar-refractivity contribution is 14.1. The smallest absolute Gasteiger partial charge is 0.405 e. The molecule has 0 fully saturated rings. The molecule has 0 saturated heterocycles. The number of carbonyl (C=O) groups excluding carboxylic acids is 3. The average Bonchev–Trinajstić information content (AvgIpc) is 2.77. The van der Waals surface area contributed by atoms with E-state index in [2.05, 4.69) is 4.74 Å².